The Balaban J connectivity index is 2.06. The van der Waals surface area contributed by atoms with Gasteiger partial charge in [0.05, 0.1) is 7.11 Å². The summed E-state index contributed by atoms with van der Waals surface area (Å²) in [5, 5.41) is 0. The molecule has 2 fully saturated rings. The Kier molecular flexibility index (Phi) is 2.09. The van der Waals surface area contributed by atoms with Crippen LogP contribution in [0.2, 0.25) is 0 Å². The molecule has 0 radical (unpaired) electrons. The van der Waals surface area contributed by atoms with Crippen molar-refractivity contribution in [1.82, 2.24) is 0 Å². The standard InChI is InChI=1S/C10H14F2O3/c1-8(7(13)14-2)9(15-8)3-5-10(11,12)6-4-9/h3-6H2,1-2H3. The van der Waals surface area contributed by atoms with Crippen LogP contribution in [0.25, 0.3) is 0 Å². The summed E-state index contributed by atoms with van der Waals surface area (Å²) in [6.45, 7) is 1.61. The molecule has 0 aromatic carbocycles. The monoisotopic (exact) mass is 220 g/mol. The van der Waals surface area contributed by atoms with Crippen molar-refractivity contribution >= 4 is 5.97 Å². The minimum Gasteiger partial charge on any atom is -0.467 e. The molecule has 0 bridgehead atoms. The van der Waals surface area contributed by atoms with Crippen LogP contribution in [-0.2, 0) is 14.3 Å². The van der Waals surface area contributed by atoms with Crippen LogP contribution in [0.5, 0.6) is 0 Å². The van der Waals surface area contributed by atoms with Crippen LogP contribution in [0, 0.1) is 0 Å². The van der Waals surface area contributed by atoms with Gasteiger partial charge in [-0.05, 0) is 19.8 Å². The number of rotatable bonds is 1. The van der Waals surface area contributed by atoms with E-state index < -0.39 is 23.1 Å². The number of alkyl halides is 2. The smallest absolute Gasteiger partial charge is 0.340 e. The Morgan fingerprint density at radius 1 is 1.27 bits per heavy atom. The number of carbonyl (C=O) groups is 1. The van der Waals surface area contributed by atoms with Crippen LogP contribution in [0.3, 0.4) is 0 Å². The molecule has 3 nitrogen and oxygen atoms in total. The molecule has 1 heterocycles. The van der Waals surface area contributed by atoms with E-state index in [9.17, 15) is 13.6 Å². The molecule has 1 aliphatic heterocycles. The molecular weight excluding hydrogens is 206 g/mol. The zero-order valence-corrected chi connectivity index (χ0v) is 8.81. The lowest BCUT2D eigenvalue weighted by molar-refractivity contribution is -0.146. The average Bonchev–Trinajstić information content (AvgIpc) is 2.78. The second-order valence-electron chi connectivity index (χ2n) is 4.48. The molecule has 5 heteroatoms. The van der Waals surface area contributed by atoms with Gasteiger partial charge >= 0.3 is 5.97 Å². The average molecular weight is 220 g/mol. The molecule has 1 saturated heterocycles. The molecule has 1 atom stereocenters. The largest absolute Gasteiger partial charge is 0.467 e. The SMILES string of the molecule is COC(=O)C1(C)OC12CCC(F)(F)CC2. The number of ether oxygens (including phenoxy) is 2. The first kappa shape index (κ1) is 10.8. The summed E-state index contributed by atoms with van der Waals surface area (Å²) in [5.74, 6) is -3.07. The van der Waals surface area contributed by atoms with Crippen LogP contribution in [0.4, 0.5) is 8.78 Å². The Hall–Kier alpha value is -0.710. The molecule has 1 saturated carbocycles. The molecule has 1 aliphatic carbocycles. The van der Waals surface area contributed by atoms with Crippen molar-refractivity contribution in [3.8, 4) is 0 Å². The normalized spacial score (nSPS) is 36.3. The molecule has 1 spiro atoms. The second-order valence-corrected chi connectivity index (χ2v) is 4.48. The first-order chi connectivity index (χ1) is 6.85. The van der Waals surface area contributed by atoms with Crippen molar-refractivity contribution in [3.05, 3.63) is 0 Å². The maximum Gasteiger partial charge on any atom is 0.340 e. The quantitative estimate of drug-likeness (QED) is 0.500. The fraction of sp³-hybridized carbons (Fsp3) is 0.900. The number of methoxy groups -OCH3 is 1. The van der Waals surface area contributed by atoms with Gasteiger partial charge < -0.3 is 9.47 Å². The summed E-state index contributed by atoms with van der Waals surface area (Å²) in [6.07, 6.45) is 0.0381. The van der Waals surface area contributed by atoms with E-state index in [1.165, 1.54) is 7.11 Å². The Morgan fingerprint density at radius 2 is 1.80 bits per heavy atom. The first-order valence-electron chi connectivity index (χ1n) is 5.02. The fourth-order valence-electron chi connectivity index (χ4n) is 2.39. The van der Waals surface area contributed by atoms with Gasteiger partial charge in [-0.25, -0.2) is 13.6 Å². The van der Waals surface area contributed by atoms with Crippen molar-refractivity contribution in [2.75, 3.05) is 7.11 Å². The third-order valence-electron chi connectivity index (χ3n) is 3.59. The van der Waals surface area contributed by atoms with Gasteiger partial charge in [-0.3, -0.25) is 0 Å². The Morgan fingerprint density at radius 3 is 2.27 bits per heavy atom. The summed E-state index contributed by atoms with van der Waals surface area (Å²) in [7, 11) is 1.28. The highest BCUT2D eigenvalue weighted by molar-refractivity contribution is 5.84. The van der Waals surface area contributed by atoms with E-state index in [2.05, 4.69) is 4.74 Å². The Labute approximate surface area is 86.7 Å². The van der Waals surface area contributed by atoms with Crippen LogP contribution < -0.4 is 0 Å². The van der Waals surface area contributed by atoms with E-state index in [1.54, 1.807) is 6.92 Å². The maximum atomic E-state index is 12.9. The van der Waals surface area contributed by atoms with Crippen LogP contribution in [0.1, 0.15) is 32.6 Å². The lowest BCUT2D eigenvalue weighted by Gasteiger charge is -2.27. The summed E-state index contributed by atoms with van der Waals surface area (Å²) < 4.78 is 35.9. The van der Waals surface area contributed by atoms with E-state index in [0.29, 0.717) is 0 Å². The van der Waals surface area contributed by atoms with E-state index in [-0.39, 0.29) is 25.7 Å². The van der Waals surface area contributed by atoms with E-state index in [1.807, 2.05) is 0 Å². The fourth-order valence-corrected chi connectivity index (χ4v) is 2.39. The minimum atomic E-state index is -2.60. The first-order valence-corrected chi connectivity index (χ1v) is 5.02. The van der Waals surface area contributed by atoms with Gasteiger partial charge in [-0.1, -0.05) is 0 Å². The molecule has 2 aliphatic rings. The van der Waals surface area contributed by atoms with Crippen LogP contribution in [0.15, 0.2) is 0 Å². The maximum absolute atomic E-state index is 12.9. The summed E-state index contributed by atoms with van der Waals surface area (Å²) in [6, 6.07) is 0. The predicted octanol–water partition coefficient (Wildman–Crippen LogP) is 1.90. The van der Waals surface area contributed by atoms with Gasteiger partial charge in [-0.15, -0.1) is 0 Å². The molecule has 0 amide bonds. The molecule has 86 valence electrons. The van der Waals surface area contributed by atoms with Crippen molar-refractivity contribution in [2.24, 2.45) is 0 Å². The molecule has 15 heavy (non-hydrogen) atoms. The van der Waals surface area contributed by atoms with Crippen LogP contribution in [-0.4, -0.2) is 30.2 Å². The van der Waals surface area contributed by atoms with Gasteiger partial charge in [0.1, 0.15) is 5.60 Å². The highest BCUT2D eigenvalue weighted by atomic mass is 19.3. The number of halogens is 2. The highest BCUT2D eigenvalue weighted by Crippen LogP contribution is 2.59. The van der Waals surface area contributed by atoms with Gasteiger partial charge in [0.2, 0.25) is 5.92 Å². The number of hydrogen-bond acceptors (Lipinski definition) is 3. The van der Waals surface area contributed by atoms with Crippen molar-refractivity contribution in [2.45, 2.75) is 49.7 Å². The molecular formula is C10H14F2O3. The van der Waals surface area contributed by atoms with Gasteiger partial charge in [0.25, 0.3) is 0 Å². The molecule has 2 rings (SSSR count). The summed E-state index contributed by atoms with van der Waals surface area (Å²) >= 11 is 0. The predicted molar refractivity (Wildman–Crippen MR) is 47.7 cm³/mol. The van der Waals surface area contributed by atoms with Crippen LogP contribution >= 0.6 is 0 Å². The molecule has 0 aromatic heterocycles. The van der Waals surface area contributed by atoms with E-state index in [0.717, 1.165) is 0 Å². The minimum absolute atomic E-state index is 0.209. The van der Waals surface area contributed by atoms with Gasteiger partial charge in [-0.2, -0.15) is 0 Å². The van der Waals surface area contributed by atoms with E-state index >= 15 is 0 Å². The molecule has 0 aromatic rings. The van der Waals surface area contributed by atoms with Crippen molar-refractivity contribution < 1.29 is 23.0 Å². The van der Waals surface area contributed by atoms with Gasteiger partial charge in [0.15, 0.2) is 5.60 Å². The summed E-state index contributed by atoms with van der Waals surface area (Å²) in [4.78, 5) is 11.4. The third kappa shape index (κ3) is 1.44. The number of epoxide rings is 1. The topological polar surface area (TPSA) is 38.8 Å². The Bertz CT molecular complexity index is 293. The number of carbonyl (C=O) groups excluding carboxylic acids is 1. The van der Waals surface area contributed by atoms with Crippen molar-refractivity contribution in [3.63, 3.8) is 0 Å². The summed E-state index contributed by atoms with van der Waals surface area (Å²) in [5.41, 5.74) is -1.69. The highest BCUT2D eigenvalue weighted by Gasteiger charge is 2.73. The lowest BCUT2D eigenvalue weighted by atomic mass is 9.79. The third-order valence-corrected chi connectivity index (χ3v) is 3.59. The van der Waals surface area contributed by atoms with E-state index in [4.69, 9.17) is 4.74 Å². The second kappa shape index (κ2) is 2.90. The van der Waals surface area contributed by atoms with Gasteiger partial charge in [0, 0.05) is 12.8 Å². The molecule has 1 unspecified atom stereocenters. The number of hydrogen-bond donors (Lipinski definition) is 0. The lowest BCUT2D eigenvalue weighted by Crippen LogP contribution is -2.38. The van der Waals surface area contributed by atoms with Crippen molar-refractivity contribution in [1.29, 1.82) is 0 Å². The zero-order valence-electron chi connectivity index (χ0n) is 8.81. The molecule has 0 N–H and O–H groups in total. The number of esters is 1. The zero-order chi connectivity index (χ0) is 11.3.